The second kappa shape index (κ2) is 5.88. The number of rotatable bonds is 2. The summed E-state index contributed by atoms with van der Waals surface area (Å²) in [6.07, 6.45) is 3.27. The number of carbonyl (C=O) groups excluding carboxylic acids is 1. The van der Waals surface area contributed by atoms with E-state index in [1.165, 1.54) is 0 Å². The van der Waals surface area contributed by atoms with Gasteiger partial charge in [0, 0.05) is 11.8 Å². The van der Waals surface area contributed by atoms with Crippen LogP contribution < -0.4 is 0 Å². The smallest absolute Gasteiger partial charge is 0.335 e. The number of allylic oxidation sites excluding steroid dienone is 1. The van der Waals surface area contributed by atoms with Gasteiger partial charge in [0.2, 0.25) is 0 Å². The third-order valence-electron chi connectivity index (χ3n) is 8.80. The van der Waals surface area contributed by atoms with E-state index in [0.29, 0.717) is 12.8 Å². The molecular weight excluding hydrogens is 348 g/mol. The average molecular weight is 378 g/mol. The van der Waals surface area contributed by atoms with Crippen molar-refractivity contribution in [2.24, 2.45) is 28.6 Å². The van der Waals surface area contributed by atoms with Crippen molar-refractivity contribution in [2.75, 3.05) is 0 Å². The molecule has 0 heterocycles. The maximum atomic E-state index is 11.9. The first-order valence-electron chi connectivity index (χ1n) is 10.1. The van der Waals surface area contributed by atoms with Gasteiger partial charge >= 0.3 is 5.97 Å². The highest BCUT2D eigenvalue weighted by Gasteiger charge is 2.68. The van der Waals surface area contributed by atoms with Gasteiger partial charge < -0.3 is 20.4 Å². The lowest BCUT2D eigenvalue weighted by Crippen LogP contribution is -2.63. The van der Waals surface area contributed by atoms with Crippen LogP contribution in [0.4, 0.5) is 0 Å². The van der Waals surface area contributed by atoms with Gasteiger partial charge in [0.05, 0.1) is 6.10 Å². The summed E-state index contributed by atoms with van der Waals surface area (Å²) >= 11 is 0. The summed E-state index contributed by atoms with van der Waals surface area (Å²) < 4.78 is 0. The summed E-state index contributed by atoms with van der Waals surface area (Å²) in [5, 5.41) is 42.0. The molecule has 0 aromatic carbocycles. The number of aliphatic carboxylic acids is 1. The third-order valence-corrected chi connectivity index (χ3v) is 8.80. The van der Waals surface area contributed by atoms with Crippen molar-refractivity contribution in [1.29, 1.82) is 0 Å². The molecule has 0 bridgehead atoms. The van der Waals surface area contributed by atoms with Crippen LogP contribution in [-0.2, 0) is 9.59 Å². The molecule has 27 heavy (non-hydrogen) atoms. The van der Waals surface area contributed by atoms with Crippen molar-refractivity contribution in [3.8, 4) is 0 Å². The van der Waals surface area contributed by atoms with E-state index in [1.54, 1.807) is 6.08 Å². The van der Waals surface area contributed by atoms with Gasteiger partial charge in [-0.15, -0.1) is 0 Å². The normalized spacial score (nSPS) is 50.3. The highest BCUT2D eigenvalue weighted by Crippen LogP contribution is 2.67. The third kappa shape index (κ3) is 2.36. The highest BCUT2D eigenvalue weighted by molar-refractivity contribution is 5.91. The van der Waals surface area contributed by atoms with Crippen molar-refractivity contribution in [2.45, 2.75) is 76.6 Å². The minimum absolute atomic E-state index is 0.00740. The van der Waals surface area contributed by atoms with Crippen molar-refractivity contribution < 1.29 is 30.0 Å². The molecule has 0 aliphatic heterocycles. The fourth-order valence-electron chi connectivity index (χ4n) is 7.38. The molecule has 0 aromatic rings. The van der Waals surface area contributed by atoms with E-state index >= 15 is 0 Å². The Kier molecular flexibility index (Phi) is 4.16. The van der Waals surface area contributed by atoms with E-state index in [4.69, 9.17) is 0 Å². The zero-order valence-electron chi connectivity index (χ0n) is 16.0. The Balaban J connectivity index is 1.73. The summed E-state index contributed by atoms with van der Waals surface area (Å²) in [6, 6.07) is 0. The van der Waals surface area contributed by atoms with Crippen molar-refractivity contribution in [1.82, 2.24) is 0 Å². The predicted molar refractivity (Wildman–Crippen MR) is 96.7 cm³/mol. The molecule has 8 atom stereocenters. The van der Waals surface area contributed by atoms with Gasteiger partial charge in [0.1, 0.15) is 5.60 Å². The largest absolute Gasteiger partial charge is 0.479 e. The number of fused-ring (bicyclic) bond motifs is 5. The molecule has 6 nitrogen and oxygen atoms in total. The Hall–Kier alpha value is -1.24. The van der Waals surface area contributed by atoms with Crippen molar-refractivity contribution in [3.63, 3.8) is 0 Å². The maximum absolute atomic E-state index is 11.9. The molecule has 0 amide bonds. The van der Waals surface area contributed by atoms with Crippen molar-refractivity contribution in [3.05, 3.63) is 11.6 Å². The Labute approximate surface area is 159 Å². The van der Waals surface area contributed by atoms with Gasteiger partial charge in [-0.3, -0.25) is 4.79 Å². The Morgan fingerprint density at radius 1 is 1.22 bits per heavy atom. The number of hydrogen-bond acceptors (Lipinski definition) is 5. The molecule has 0 saturated heterocycles. The number of carboxylic acid groups (broad SMARTS) is 1. The van der Waals surface area contributed by atoms with Crippen molar-refractivity contribution >= 4 is 11.8 Å². The van der Waals surface area contributed by atoms with E-state index in [1.807, 2.05) is 6.92 Å². The number of carbonyl (C=O) groups is 2. The van der Waals surface area contributed by atoms with Crippen LogP contribution in [0.3, 0.4) is 0 Å². The second-order valence-corrected chi connectivity index (χ2v) is 9.78. The molecule has 3 saturated carbocycles. The molecule has 6 heteroatoms. The van der Waals surface area contributed by atoms with Crippen LogP contribution >= 0.6 is 0 Å². The van der Waals surface area contributed by atoms with Gasteiger partial charge in [-0.25, -0.2) is 4.79 Å². The number of carboxylic acids is 1. The lowest BCUT2D eigenvalue weighted by Gasteiger charge is -2.61. The van der Waals surface area contributed by atoms with Crippen LogP contribution in [0.5, 0.6) is 0 Å². The van der Waals surface area contributed by atoms with E-state index in [2.05, 4.69) is 6.92 Å². The van der Waals surface area contributed by atoms with Gasteiger partial charge in [-0.2, -0.15) is 0 Å². The monoisotopic (exact) mass is 378 g/mol. The SMILES string of the molecule is C[C@]12CCC(=O)C=C1CC[C@@H]1[C@@H]2[C@@H](O)C[C@@]2(C)[C@H]1CC[C@]2(O)C(O)C(=O)O. The van der Waals surface area contributed by atoms with Gasteiger partial charge in [-0.1, -0.05) is 19.4 Å². The number of aliphatic hydroxyl groups is 3. The summed E-state index contributed by atoms with van der Waals surface area (Å²) in [4.78, 5) is 23.3. The first-order chi connectivity index (χ1) is 12.5. The zero-order chi connectivity index (χ0) is 19.8. The molecule has 150 valence electrons. The molecule has 0 aromatic heterocycles. The fraction of sp³-hybridized carbons (Fsp3) is 0.810. The van der Waals surface area contributed by atoms with Crippen LogP contribution in [0.1, 0.15) is 58.8 Å². The van der Waals surface area contributed by atoms with E-state index < -0.39 is 29.2 Å². The Morgan fingerprint density at radius 2 is 1.93 bits per heavy atom. The van der Waals surface area contributed by atoms with Gasteiger partial charge in [0.15, 0.2) is 11.9 Å². The molecule has 0 spiro atoms. The molecule has 4 rings (SSSR count). The second-order valence-electron chi connectivity index (χ2n) is 9.78. The quantitative estimate of drug-likeness (QED) is 0.581. The van der Waals surface area contributed by atoms with Gasteiger partial charge in [0.25, 0.3) is 0 Å². The van der Waals surface area contributed by atoms with Crippen LogP contribution in [-0.4, -0.2) is 50.0 Å². The summed E-state index contributed by atoms with van der Waals surface area (Å²) in [5.41, 5.74) is -1.65. The predicted octanol–water partition coefficient (Wildman–Crippen LogP) is 1.67. The minimum Gasteiger partial charge on any atom is -0.479 e. The van der Waals surface area contributed by atoms with Crippen LogP contribution in [0.2, 0.25) is 0 Å². The first kappa shape index (κ1) is 19.1. The number of hydrogen-bond donors (Lipinski definition) is 4. The molecule has 4 N–H and O–H groups in total. The molecule has 3 fully saturated rings. The maximum Gasteiger partial charge on any atom is 0.335 e. The number of aliphatic hydroxyl groups excluding tert-OH is 2. The Bertz CT molecular complexity index is 715. The fourth-order valence-corrected chi connectivity index (χ4v) is 7.38. The highest BCUT2D eigenvalue weighted by atomic mass is 16.4. The van der Waals surface area contributed by atoms with E-state index in [9.17, 15) is 30.0 Å². The lowest BCUT2D eigenvalue weighted by molar-refractivity contribution is -0.210. The topological polar surface area (TPSA) is 115 Å². The molecule has 4 aliphatic carbocycles. The standard InChI is InChI=1S/C21H30O6/c1-19-7-5-12(22)9-11(19)3-4-13-14-6-8-21(27,17(24)18(25)26)20(14,2)10-15(23)16(13)19/h9,13-17,23-24,27H,3-8,10H2,1-2H3,(H,25,26)/t13-,14-,15-,16+,17?,19-,20-,21-/m0/s1. The zero-order valence-corrected chi connectivity index (χ0v) is 16.0. The van der Waals surface area contributed by atoms with Crippen LogP contribution in [0, 0.1) is 28.6 Å². The summed E-state index contributed by atoms with van der Waals surface area (Å²) in [6.45, 7) is 4.00. The van der Waals surface area contributed by atoms with Gasteiger partial charge in [-0.05, 0) is 67.8 Å². The Morgan fingerprint density at radius 3 is 2.59 bits per heavy atom. The molecular formula is C21H30O6. The minimum atomic E-state index is -1.85. The van der Waals surface area contributed by atoms with Crippen LogP contribution in [0.15, 0.2) is 11.6 Å². The van der Waals surface area contributed by atoms with Crippen LogP contribution in [0.25, 0.3) is 0 Å². The first-order valence-corrected chi connectivity index (χ1v) is 10.1. The summed E-state index contributed by atoms with van der Waals surface area (Å²) in [7, 11) is 0. The molecule has 0 radical (unpaired) electrons. The van der Waals surface area contributed by atoms with E-state index in [-0.39, 0.29) is 41.8 Å². The summed E-state index contributed by atoms with van der Waals surface area (Å²) in [5.74, 6) is -1.03. The molecule has 4 aliphatic rings. The van der Waals surface area contributed by atoms with E-state index in [0.717, 1.165) is 24.8 Å². The number of ketones is 1. The molecule has 1 unspecified atom stereocenters. The lowest BCUT2D eigenvalue weighted by atomic mass is 9.45. The average Bonchev–Trinajstić information content (AvgIpc) is 2.86.